The number of nitrogens with one attached hydrogen (secondary N) is 1. The Kier molecular flexibility index (Phi) is 4.30. The molecule has 1 saturated heterocycles. The standard InChI is InChI=1S/C20H25N5O2/c26-20(19-15-6-2-4-8-17(15)27-24-19)21-10-13-11-25(12-13)18-9-14-5-1-3-7-16(14)22-23-18/h9,13H,1-8,10-12H2,(H,21,26). The molecule has 142 valence electrons. The number of anilines is 1. The van der Waals surface area contributed by atoms with E-state index in [9.17, 15) is 4.79 Å². The molecule has 0 bridgehead atoms. The number of amides is 1. The summed E-state index contributed by atoms with van der Waals surface area (Å²) in [5, 5.41) is 15.9. The molecule has 1 N–H and O–H groups in total. The number of hydrogen-bond donors (Lipinski definition) is 1. The van der Waals surface area contributed by atoms with Gasteiger partial charge in [0.25, 0.3) is 5.91 Å². The second-order valence-electron chi connectivity index (χ2n) is 8.00. The van der Waals surface area contributed by atoms with E-state index in [-0.39, 0.29) is 5.91 Å². The molecular weight excluding hydrogens is 342 g/mol. The van der Waals surface area contributed by atoms with E-state index in [0.29, 0.717) is 18.2 Å². The van der Waals surface area contributed by atoms with Crippen LogP contribution < -0.4 is 10.2 Å². The number of nitrogens with zero attached hydrogens (tertiary/aromatic N) is 4. The van der Waals surface area contributed by atoms with Crippen molar-refractivity contribution in [2.75, 3.05) is 24.5 Å². The highest BCUT2D eigenvalue weighted by atomic mass is 16.5. The van der Waals surface area contributed by atoms with E-state index in [0.717, 1.165) is 68.8 Å². The summed E-state index contributed by atoms with van der Waals surface area (Å²) < 4.78 is 5.34. The van der Waals surface area contributed by atoms with Crippen LogP contribution in [0, 0.1) is 5.92 Å². The third-order valence-electron chi connectivity index (χ3n) is 6.05. The van der Waals surface area contributed by atoms with E-state index >= 15 is 0 Å². The normalized spacial score (nSPS) is 19.2. The van der Waals surface area contributed by atoms with Crippen LogP contribution in [0.4, 0.5) is 5.82 Å². The van der Waals surface area contributed by atoms with Crippen molar-refractivity contribution in [3.8, 4) is 0 Å². The first-order valence-electron chi connectivity index (χ1n) is 10.1. The minimum atomic E-state index is -0.103. The number of rotatable bonds is 4. The van der Waals surface area contributed by atoms with Gasteiger partial charge in [0.1, 0.15) is 5.76 Å². The Hall–Kier alpha value is -2.44. The topological polar surface area (TPSA) is 84.2 Å². The van der Waals surface area contributed by atoms with Gasteiger partial charge in [-0.3, -0.25) is 4.79 Å². The number of fused-ring (bicyclic) bond motifs is 2. The van der Waals surface area contributed by atoms with Crippen LogP contribution in [0.5, 0.6) is 0 Å². The van der Waals surface area contributed by atoms with E-state index < -0.39 is 0 Å². The molecule has 0 radical (unpaired) electrons. The van der Waals surface area contributed by atoms with Gasteiger partial charge in [0, 0.05) is 37.5 Å². The molecule has 27 heavy (non-hydrogen) atoms. The summed E-state index contributed by atoms with van der Waals surface area (Å²) in [5.41, 5.74) is 4.03. The average Bonchev–Trinajstić information content (AvgIpc) is 3.11. The van der Waals surface area contributed by atoms with Crippen molar-refractivity contribution >= 4 is 11.7 Å². The number of carbonyl (C=O) groups is 1. The van der Waals surface area contributed by atoms with E-state index in [4.69, 9.17) is 4.52 Å². The second kappa shape index (κ2) is 6.94. The van der Waals surface area contributed by atoms with Crippen LogP contribution in [0.25, 0.3) is 0 Å². The van der Waals surface area contributed by atoms with E-state index in [1.54, 1.807) is 0 Å². The molecule has 5 rings (SSSR count). The molecule has 7 heteroatoms. The summed E-state index contributed by atoms with van der Waals surface area (Å²) in [6.07, 6.45) is 8.67. The Bertz CT molecular complexity index is 856. The average molecular weight is 367 g/mol. The van der Waals surface area contributed by atoms with Crippen LogP contribution in [0.2, 0.25) is 0 Å². The lowest BCUT2D eigenvalue weighted by Crippen LogP contribution is -2.52. The van der Waals surface area contributed by atoms with Crippen LogP contribution in [0.3, 0.4) is 0 Å². The summed E-state index contributed by atoms with van der Waals surface area (Å²) in [6, 6.07) is 2.21. The van der Waals surface area contributed by atoms with Crippen LogP contribution in [0.15, 0.2) is 10.6 Å². The van der Waals surface area contributed by atoms with Gasteiger partial charge in [-0.15, -0.1) is 5.10 Å². The predicted octanol–water partition coefficient (Wildman–Crippen LogP) is 2.09. The van der Waals surface area contributed by atoms with E-state index in [1.807, 2.05) is 0 Å². The van der Waals surface area contributed by atoms with Crippen molar-refractivity contribution in [3.05, 3.63) is 34.3 Å². The summed E-state index contributed by atoms with van der Waals surface area (Å²) in [4.78, 5) is 14.7. The number of hydrogen-bond acceptors (Lipinski definition) is 6. The molecule has 7 nitrogen and oxygen atoms in total. The Morgan fingerprint density at radius 1 is 1.11 bits per heavy atom. The molecule has 1 aliphatic heterocycles. The van der Waals surface area contributed by atoms with Gasteiger partial charge in [0.15, 0.2) is 11.5 Å². The third-order valence-corrected chi connectivity index (χ3v) is 6.05. The molecule has 2 aliphatic carbocycles. The molecule has 0 spiro atoms. The quantitative estimate of drug-likeness (QED) is 0.891. The molecule has 3 aliphatic rings. The van der Waals surface area contributed by atoms with Gasteiger partial charge in [-0.2, -0.15) is 5.10 Å². The van der Waals surface area contributed by atoms with Gasteiger partial charge in [-0.25, -0.2) is 0 Å². The first-order chi connectivity index (χ1) is 13.3. The highest BCUT2D eigenvalue weighted by Crippen LogP contribution is 2.27. The zero-order valence-electron chi connectivity index (χ0n) is 15.5. The van der Waals surface area contributed by atoms with Gasteiger partial charge in [-0.1, -0.05) is 5.16 Å². The van der Waals surface area contributed by atoms with Crippen LogP contribution >= 0.6 is 0 Å². The molecule has 2 aromatic heterocycles. The minimum Gasteiger partial charge on any atom is -0.360 e. The SMILES string of the molecule is O=C(NCC1CN(c2cc3c(nn2)CCCC3)C1)c1noc2c1CCCC2. The zero-order valence-corrected chi connectivity index (χ0v) is 15.5. The zero-order chi connectivity index (χ0) is 18.2. The van der Waals surface area contributed by atoms with Crippen molar-refractivity contribution < 1.29 is 9.32 Å². The Morgan fingerprint density at radius 3 is 2.85 bits per heavy atom. The molecule has 0 atom stereocenters. The van der Waals surface area contributed by atoms with Crippen LogP contribution in [0.1, 0.15) is 58.8 Å². The Morgan fingerprint density at radius 2 is 1.93 bits per heavy atom. The molecule has 1 amide bonds. The van der Waals surface area contributed by atoms with Crippen LogP contribution in [-0.2, 0) is 25.7 Å². The fourth-order valence-corrected chi connectivity index (χ4v) is 4.40. The van der Waals surface area contributed by atoms with Gasteiger partial charge >= 0.3 is 0 Å². The lowest BCUT2D eigenvalue weighted by Gasteiger charge is -2.40. The van der Waals surface area contributed by atoms with Gasteiger partial charge in [0.2, 0.25) is 0 Å². The summed E-state index contributed by atoms with van der Waals surface area (Å²) in [5.74, 6) is 2.21. The van der Waals surface area contributed by atoms with Crippen molar-refractivity contribution in [2.45, 2.75) is 51.4 Å². The van der Waals surface area contributed by atoms with Crippen molar-refractivity contribution in [1.29, 1.82) is 0 Å². The minimum absolute atomic E-state index is 0.103. The summed E-state index contributed by atoms with van der Waals surface area (Å²) >= 11 is 0. The lowest BCUT2D eigenvalue weighted by atomic mass is 9.95. The molecule has 0 aromatic carbocycles. The fraction of sp³-hybridized carbons (Fsp3) is 0.600. The summed E-state index contributed by atoms with van der Waals surface area (Å²) in [6.45, 7) is 2.48. The third kappa shape index (κ3) is 3.19. The predicted molar refractivity (Wildman–Crippen MR) is 99.9 cm³/mol. The largest absolute Gasteiger partial charge is 0.360 e. The Balaban J connectivity index is 1.14. The second-order valence-corrected chi connectivity index (χ2v) is 8.00. The number of aryl methyl sites for hydroxylation is 3. The highest BCUT2D eigenvalue weighted by molar-refractivity contribution is 5.93. The number of carbonyl (C=O) groups excluding carboxylic acids is 1. The smallest absolute Gasteiger partial charge is 0.273 e. The van der Waals surface area contributed by atoms with E-state index in [1.165, 1.54) is 24.1 Å². The maximum atomic E-state index is 12.5. The van der Waals surface area contributed by atoms with Gasteiger partial charge in [-0.05, 0) is 56.6 Å². The number of aromatic nitrogens is 3. The van der Waals surface area contributed by atoms with E-state index in [2.05, 4.69) is 31.6 Å². The molecular formula is C20H25N5O2. The monoisotopic (exact) mass is 367 g/mol. The van der Waals surface area contributed by atoms with Gasteiger partial charge < -0.3 is 14.7 Å². The van der Waals surface area contributed by atoms with Gasteiger partial charge in [0.05, 0.1) is 5.69 Å². The molecule has 0 unspecified atom stereocenters. The fourth-order valence-electron chi connectivity index (χ4n) is 4.40. The lowest BCUT2D eigenvalue weighted by molar-refractivity contribution is 0.0934. The van der Waals surface area contributed by atoms with Crippen molar-refractivity contribution in [3.63, 3.8) is 0 Å². The first-order valence-corrected chi connectivity index (χ1v) is 10.1. The maximum Gasteiger partial charge on any atom is 0.273 e. The molecule has 2 aromatic rings. The first kappa shape index (κ1) is 16.7. The van der Waals surface area contributed by atoms with Crippen molar-refractivity contribution in [2.24, 2.45) is 5.92 Å². The van der Waals surface area contributed by atoms with Crippen molar-refractivity contribution in [1.82, 2.24) is 20.7 Å². The Labute approximate surface area is 158 Å². The highest BCUT2D eigenvalue weighted by Gasteiger charge is 2.30. The maximum absolute atomic E-state index is 12.5. The summed E-state index contributed by atoms with van der Waals surface area (Å²) in [7, 11) is 0. The molecule has 3 heterocycles. The molecule has 0 saturated carbocycles. The molecule has 1 fully saturated rings. The van der Waals surface area contributed by atoms with Crippen LogP contribution in [-0.4, -0.2) is 40.9 Å².